The van der Waals surface area contributed by atoms with E-state index in [-0.39, 0.29) is 6.61 Å². The number of tetrazole rings is 1. The van der Waals surface area contributed by atoms with Crippen LogP contribution in [0.2, 0.25) is 0 Å². The lowest BCUT2D eigenvalue weighted by molar-refractivity contribution is 0.149. The minimum Gasteiger partial charge on any atom is -0.448 e. The summed E-state index contributed by atoms with van der Waals surface area (Å²) in [5, 5.41) is 10.7. The molecular weight excluding hydrogens is 150 g/mol. The summed E-state index contributed by atoms with van der Waals surface area (Å²) in [7, 11) is 0. The number of ether oxygens (including phenoxy) is 1. The first-order valence-corrected chi connectivity index (χ1v) is 2.92. The fraction of sp³-hybridized carbons (Fsp3) is 0.500. The first-order valence-electron chi connectivity index (χ1n) is 2.92. The van der Waals surface area contributed by atoms with Gasteiger partial charge in [-0.25, -0.2) is 4.79 Å². The van der Waals surface area contributed by atoms with Crippen molar-refractivity contribution >= 4 is 6.09 Å². The summed E-state index contributed by atoms with van der Waals surface area (Å²) >= 11 is 0. The molecule has 7 nitrogen and oxygen atoms in total. The Hall–Kier alpha value is -1.66. The van der Waals surface area contributed by atoms with Gasteiger partial charge in [-0.15, -0.1) is 10.2 Å². The van der Waals surface area contributed by atoms with Gasteiger partial charge in [0.25, 0.3) is 0 Å². The zero-order chi connectivity index (χ0) is 8.10. The van der Waals surface area contributed by atoms with Gasteiger partial charge >= 0.3 is 6.09 Å². The van der Waals surface area contributed by atoms with Crippen LogP contribution in [-0.4, -0.2) is 32.9 Å². The molecule has 0 aliphatic rings. The summed E-state index contributed by atoms with van der Waals surface area (Å²) in [4.78, 5) is 11.4. The zero-order valence-electron chi connectivity index (χ0n) is 5.67. The van der Waals surface area contributed by atoms with Crippen LogP contribution in [0.4, 0.5) is 4.79 Å². The number of amides is 1. The molecule has 11 heavy (non-hydrogen) atoms. The third-order valence-corrected chi connectivity index (χ3v) is 0.927. The molecule has 0 saturated carbocycles. The van der Waals surface area contributed by atoms with Crippen LogP contribution in [-0.2, 0) is 11.3 Å². The van der Waals surface area contributed by atoms with Crippen LogP contribution in [0.1, 0.15) is 0 Å². The van der Waals surface area contributed by atoms with E-state index >= 15 is 0 Å². The van der Waals surface area contributed by atoms with Crippen LogP contribution in [0.5, 0.6) is 0 Å². The van der Waals surface area contributed by atoms with Crippen molar-refractivity contribution in [3.8, 4) is 0 Å². The highest BCUT2D eigenvalue weighted by Crippen LogP contribution is 1.78. The monoisotopic (exact) mass is 157 g/mol. The van der Waals surface area contributed by atoms with Gasteiger partial charge in [-0.3, -0.25) is 0 Å². The van der Waals surface area contributed by atoms with E-state index in [4.69, 9.17) is 5.73 Å². The van der Waals surface area contributed by atoms with Crippen LogP contribution >= 0.6 is 0 Å². The molecule has 0 aromatic carbocycles. The minimum absolute atomic E-state index is 0.158. The summed E-state index contributed by atoms with van der Waals surface area (Å²) in [6.45, 7) is 0.522. The van der Waals surface area contributed by atoms with E-state index in [1.165, 1.54) is 11.1 Å². The highest BCUT2D eigenvalue weighted by molar-refractivity contribution is 5.64. The lowest BCUT2D eigenvalue weighted by atomic mass is 10.7. The van der Waals surface area contributed by atoms with Gasteiger partial charge in [0.1, 0.15) is 6.61 Å². The van der Waals surface area contributed by atoms with E-state index in [0.717, 1.165) is 0 Å². The number of hydrogen-bond donors (Lipinski definition) is 1. The number of carbonyl (C=O) groups excluding carboxylic acids is 1. The number of primary amides is 1. The molecule has 0 spiro atoms. The molecular formula is C4H7N5O2. The van der Waals surface area contributed by atoms with Crippen molar-refractivity contribution in [2.75, 3.05) is 6.61 Å². The van der Waals surface area contributed by atoms with Crippen molar-refractivity contribution < 1.29 is 9.53 Å². The number of nitrogens with two attached hydrogens (primary N) is 1. The van der Waals surface area contributed by atoms with E-state index in [2.05, 4.69) is 20.1 Å². The van der Waals surface area contributed by atoms with Crippen LogP contribution < -0.4 is 5.73 Å². The van der Waals surface area contributed by atoms with Crippen LogP contribution in [0.15, 0.2) is 6.33 Å². The number of rotatable bonds is 3. The lowest BCUT2D eigenvalue weighted by Gasteiger charge is -1.98. The van der Waals surface area contributed by atoms with Gasteiger partial charge in [0.2, 0.25) is 0 Å². The molecule has 1 aromatic rings. The smallest absolute Gasteiger partial charge is 0.404 e. The molecule has 1 heterocycles. The summed E-state index contributed by atoms with van der Waals surface area (Å²) in [5.41, 5.74) is 4.71. The molecule has 1 aromatic heterocycles. The number of carbonyl (C=O) groups is 1. The SMILES string of the molecule is NC(=O)OCCn1ncnn1. The molecule has 1 amide bonds. The largest absolute Gasteiger partial charge is 0.448 e. The van der Waals surface area contributed by atoms with Crippen molar-refractivity contribution in [3.63, 3.8) is 0 Å². The predicted octanol–water partition coefficient (Wildman–Crippen LogP) is -1.23. The summed E-state index contributed by atoms with van der Waals surface area (Å²) in [5.74, 6) is 0. The molecule has 0 unspecified atom stereocenters. The number of nitrogens with zero attached hydrogens (tertiary/aromatic N) is 4. The lowest BCUT2D eigenvalue weighted by Crippen LogP contribution is -2.17. The molecule has 2 N–H and O–H groups in total. The molecule has 0 aliphatic heterocycles. The first kappa shape index (κ1) is 7.45. The Kier molecular flexibility index (Phi) is 2.37. The summed E-state index contributed by atoms with van der Waals surface area (Å²) < 4.78 is 4.43. The maximum Gasteiger partial charge on any atom is 0.404 e. The maximum atomic E-state index is 10.1. The number of hydrogen-bond acceptors (Lipinski definition) is 5. The van der Waals surface area contributed by atoms with Crippen molar-refractivity contribution in [2.45, 2.75) is 6.54 Å². The molecule has 0 fully saturated rings. The van der Waals surface area contributed by atoms with E-state index in [1.807, 2.05) is 0 Å². The minimum atomic E-state index is -0.801. The second kappa shape index (κ2) is 3.49. The van der Waals surface area contributed by atoms with E-state index in [9.17, 15) is 4.79 Å². The van der Waals surface area contributed by atoms with Crippen molar-refractivity contribution in [2.24, 2.45) is 5.73 Å². The number of aromatic nitrogens is 4. The fourth-order valence-electron chi connectivity index (χ4n) is 0.519. The third kappa shape index (κ3) is 2.61. The van der Waals surface area contributed by atoms with Gasteiger partial charge in [0, 0.05) is 0 Å². The molecule has 7 heteroatoms. The molecule has 0 aliphatic carbocycles. The Morgan fingerprint density at radius 2 is 2.55 bits per heavy atom. The topological polar surface area (TPSA) is 95.9 Å². The quantitative estimate of drug-likeness (QED) is 0.592. The van der Waals surface area contributed by atoms with E-state index in [0.29, 0.717) is 6.54 Å². The van der Waals surface area contributed by atoms with Gasteiger partial charge in [-0.05, 0) is 5.21 Å². The maximum absolute atomic E-state index is 10.1. The third-order valence-electron chi connectivity index (χ3n) is 0.927. The zero-order valence-corrected chi connectivity index (χ0v) is 5.67. The van der Waals surface area contributed by atoms with Gasteiger partial charge < -0.3 is 10.5 Å². The van der Waals surface area contributed by atoms with E-state index < -0.39 is 6.09 Å². The Balaban J connectivity index is 2.19. The predicted molar refractivity (Wildman–Crippen MR) is 33.4 cm³/mol. The van der Waals surface area contributed by atoms with Crippen LogP contribution in [0.25, 0.3) is 0 Å². The standard InChI is InChI=1S/C4H7N5O2/c5-4(10)11-2-1-9-7-3-6-8-9/h3H,1-2H2,(H2,5,10). The molecule has 0 bridgehead atoms. The average Bonchev–Trinajstić information content (AvgIpc) is 2.39. The van der Waals surface area contributed by atoms with Crippen molar-refractivity contribution in [1.82, 2.24) is 20.2 Å². The fourth-order valence-corrected chi connectivity index (χ4v) is 0.519. The molecule has 60 valence electrons. The van der Waals surface area contributed by atoms with Gasteiger partial charge in [-0.1, -0.05) is 0 Å². The van der Waals surface area contributed by atoms with Gasteiger partial charge in [-0.2, -0.15) is 4.80 Å². The average molecular weight is 157 g/mol. The van der Waals surface area contributed by atoms with Crippen molar-refractivity contribution in [1.29, 1.82) is 0 Å². The summed E-state index contributed by atoms with van der Waals surface area (Å²) in [6, 6.07) is 0. The Morgan fingerprint density at radius 3 is 3.09 bits per heavy atom. The van der Waals surface area contributed by atoms with Gasteiger partial charge in [0.05, 0.1) is 6.54 Å². The van der Waals surface area contributed by atoms with Crippen LogP contribution in [0, 0.1) is 0 Å². The second-order valence-electron chi connectivity index (χ2n) is 1.70. The van der Waals surface area contributed by atoms with E-state index in [1.54, 1.807) is 0 Å². The summed E-state index contributed by atoms with van der Waals surface area (Å²) in [6.07, 6.45) is 0.495. The van der Waals surface area contributed by atoms with Crippen LogP contribution in [0.3, 0.4) is 0 Å². The Morgan fingerprint density at radius 1 is 1.73 bits per heavy atom. The second-order valence-corrected chi connectivity index (χ2v) is 1.70. The highest BCUT2D eigenvalue weighted by Gasteiger charge is 1.95. The molecule has 0 saturated heterocycles. The molecule has 1 rings (SSSR count). The van der Waals surface area contributed by atoms with Gasteiger partial charge in [0.15, 0.2) is 6.33 Å². The molecule has 0 atom stereocenters. The normalized spacial score (nSPS) is 9.45. The highest BCUT2D eigenvalue weighted by atomic mass is 16.5. The Labute approximate surface area is 62.1 Å². The first-order chi connectivity index (χ1) is 5.29. The Bertz CT molecular complexity index is 220. The molecule has 0 radical (unpaired) electrons. The van der Waals surface area contributed by atoms with Crippen molar-refractivity contribution in [3.05, 3.63) is 6.33 Å².